The Labute approximate surface area is 172 Å². The molecule has 2 atom stereocenters. The zero-order chi connectivity index (χ0) is 19.1. The van der Waals surface area contributed by atoms with Crippen LogP contribution in [0.4, 0.5) is 0 Å². The number of aryl methyl sites for hydroxylation is 2. The van der Waals surface area contributed by atoms with Gasteiger partial charge in [-0.2, -0.15) is 0 Å². The maximum atomic E-state index is 13.5. The van der Waals surface area contributed by atoms with Gasteiger partial charge in [0.1, 0.15) is 4.83 Å². The van der Waals surface area contributed by atoms with Crippen molar-refractivity contribution in [2.75, 3.05) is 6.61 Å². The lowest BCUT2D eigenvalue weighted by molar-refractivity contribution is 0.0937. The fraction of sp³-hybridized carbons (Fsp3) is 0.455. The van der Waals surface area contributed by atoms with Crippen molar-refractivity contribution in [2.24, 2.45) is 0 Å². The Balaban J connectivity index is 1.58. The molecule has 6 heteroatoms. The molecule has 146 valence electrons. The van der Waals surface area contributed by atoms with Crippen molar-refractivity contribution in [3.63, 3.8) is 0 Å². The second-order valence-electron chi connectivity index (χ2n) is 7.65. The highest BCUT2D eigenvalue weighted by molar-refractivity contribution is 7.99. The van der Waals surface area contributed by atoms with E-state index < -0.39 is 0 Å². The second kappa shape index (κ2) is 7.65. The van der Waals surface area contributed by atoms with Crippen LogP contribution in [0, 0.1) is 0 Å². The van der Waals surface area contributed by atoms with Gasteiger partial charge in [0.2, 0.25) is 0 Å². The molecule has 0 radical (unpaired) electrons. The van der Waals surface area contributed by atoms with Crippen LogP contribution < -0.4 is 5.56 Å². The van der Waals surface area contributed by atoms with Gasteiger partial charge in [0.25, 0.3) is 5.56 Å². The summed E-state index contributed by atoms with van der Waals surface area (Å²) < 4.78 is 7.75. The van der Waals surface area contributed by atoms with E-state index in [0.717, 1.165) is 54.1 Å². The molecule has 1 aliphatic carbocycles. The number of rotatable bonds is 5. The number of thiophene rings is 1. The summed E-state index contributed by atoms with van der Waals surface area (Å²) in [4.78, 5) is 20.8. The first-order chi connectivity index (χ1) is 13.7. The van der Waals surface area contributed by atoms with E-state index in [-0.39, 0.29) is 16.9 Å². The van der Waals surface area contributed by atoms with Crippen molar-refractivity contribution in [1.82, 2.24) is 9.55 Å². The Morgan fingerprint density at radius 2 is 2.14 bits per heavy atom. The van der Waals surface area contributed by atoms with Gasteiger partial charge in [0.15, 0.2) is 5.16 Å². The highest BCUT2D eigenvalue weighted by atomic mass is 32.2. The summed E-state index contributed by atoms with van der Waals surface area (Å²) >= 11 is 3.40. The number of fused-ring (bicyclic) bond motifs is 3. The maximum absolute atomic E-state index is 13.5. The largest absolute Gasteiger partial charge is 0.376 e. The third kappa shape index (κ3) is 3.31. The minimum Gasteiger partial charge on any atom is -0.376 e. The first-order valence-electron chi connectivity index (χ1n) is 10.1. The van der Waals surface area contributed by atoms with Crippen LogP contribution in [0.2, 0.25) is 0 Å². The number of hydrogen-bond donors (Lipinski definition) is 0. The number of benzene rings is 1. The Kier molecular flexibility index (Phi) is 5.03. The summed E-state index contributed by atoms with van der Waals surface area (Å²) in [6.45, 7) is 3.59. The number of thioether (sulfide) groups is 1. The first kappa shape index (κ1) is 18.4. The molecule has 1 aliphatic heterocycles. The van der Waals surface area contributed by atoms with Crippen LogP contribution in [0.25, 0.3) is 10.2 Å². The van der Waals surface area contributed by atoms with E-state index in [1.54, 1.807) is 23.1 Å². The molecular weight excluding hydrogens is 388 g/mol. The minimum atomic E-state index is 0.120. The molecule has 0 bridgehead atoms. The monoisotopic (exact) mass is 412 g/mol. The van der Waals surface area contributed by atoms with Crippen LogP contribution in [0.3, 0.4) is 0 Å². The normalized spacial score (nSPS) is 20.0. The molecule has 3 aromatic rings. The van der Waals surface area contributed by atoms with Gasteiger partial charge in [-0.1, -0.05) is 42.1 Å². The molecule has 2 aliphatic rings. The lowest BCUT2D eigenvalue weighted by Crippen LogP contribution is -2.29. The molecule has 1 aromatic carbocycles. The average Bonchev–Trinajstić information content (AvgIpc) is 3.43. The smallest absolute Gasteiger partial charge is 0.263 e. The summed E-state index contributed by atoms with van der Waals surface area (Å²) in [5, 5.41) is 1.92. The van der Waals surface area contributed by atoms with E-state index in [1.165, 1.54) is 16.0 Å². The third-order valence-corrected chi connectivity index (χ3v) is 8.09. The zero-order valence-electron chi connectivity index (χ0n) is 16.0. The van der Waals surface area contributed by atoms with Crippen molar-refractivity contribution < 1.29 is 4.74 Å². The Morgan fingerprint density at radius 1 is 1.29 bits per heavy atom. The van der Waals surface area contributed by atoms with Crippen molar-refractivity contribution in [2.45, 2.75) is 62.1 Å². The molecule has 0 amide bonds. The van der Waals surface area contributed by atoms with E-state index in [1.807, 2.05) is 10.6 Å². The highest BCUT2D eigenvalue weighted by Gasteiger charge is 2.26. The fourth-order valence-corrected chi connectivity index (χ4v) is 6.60. The quantitative estimate of drug-likeness (QED) is 0.438. The van der Waals surface area contributed by atoms with Gasteiger partial charge in [-0.3, -0.25) is 9.36 Å². The highest BCUT2D eigenvalue weighted by Crippen LogP contribution is 2.38. The van der Waals surface area contributed by atoms with Crippen LogP contribution in [0.15, 0.2) is 40.3 Å². The van der Waals surface area contributed by atoms with Gasteiger partial charge >= 0.3 is 0 Å². The molecule has 4 nitrogen and oxygen atoms in total. The molecule has 0 saturated carbocycles. The molecular formula is C22H24N2O2S2. The van der Waals surface area contributed by atoms with Gasteiger partial charge in [0.05, 0.1) is 18.0 Å². The van der Waals surface area contributed by atoms with Crippen molar-refractivity contribution in [3.05, 3.63) is 56.7 Å². The van der Waals surface area contributed by atoms with E-state index >= 15 is 0 Å². The second-order valence-corrected chi connectivity index (χ2v) is 10.0. The van der Waals surface area contributed by atoms with Crippen LogP contribution in [-0.4, -0.2) is 22.3 Å². The predicted molar refractivity (Wildman–Crippen MR) is 116 cm³/mol. The topological polar surface area (TPSA) is 44.1 Å². The molecule has 1 fully saturated rings. The molecule has 2 aromatic heterocycles. The molecule has 5 rings (SSSR count). The van der Waals surface area contributed by atoms with E-state index in [4.69, 9.17) is 9.72 Å². The molecule has 0 unspecified atom stereocenters. The van der Waals surface area contributed by atoms with Gasteiger partial charge in [0, 0.05) is 16.7 Å². The van der Waals surface area contributed by atoms with E-state index in [9.17, 15) is 4.79 Å². The van der Waals surface area contributed by atoms with Crippen LogP contribution in [-0.2, 0) is 24.1 Å². The maximum Gasteiger partial charge on any atom is 0.263 e. The summed E-state index contributed by atoms with van der Waals surface area (Å²) in [5.74, 6) is 0. The molecule has 3 heterocycles. The Bertz CT molecular complexity index is 1050. The fourth-order valence-electron chi connectivity index (χ4n) is 4.25. The number of hydrogen-bond acceptors (Lipinski definition) is 5. The third-order valence-electron chi connectivity index (χ3n) is 5.75. The number of nitrogens with zero attached hydrogens (tertiary/aromatic N) is 2. The zero-order valence-corrected chi connectivity index (χ0v) is 17.7. The van der Waals surface area contributed by atoms with Crippen molar-refractivity contribution in [1.29, 1.82) is 0 Å². The Hall–Kier alpha value is -1.63. The van der Waals surface area contributed by atoms with Crippen molar-refractivity contribution >= 4 is 33.3 Å². The molecule has 0 N–H and O–H groups in total. The molecule has 1 saturated heterocycles. The number of ether oxygens (including phenoxy) is 1. The SMILES string of the molecule is C[C@H](Sc1nc2sc3c(c2c(=O)n1C[C@@H]1CCCO1)CCC3)c1ccccc1. The van der Waals surface area contributed by atoms with E-state index in [0.29, 0.717) is 6.54 Å². The molecule has 28 heavy (non-hydrogen) atoms. The number of aromatic nitrogens is 2. The summed E-state index contributed by atoms with van der Waals surface area (Å²) in [6.07, 6.45) is 5.47. The van der Waals surface area contributed by atoms with Crippen LogP contribution in [0.5, 0.6) is 0 Å². The van der Waals surface area contributed by atoms with Crippen LogP contribution in [0.1, 0.15) is 47.4 Å². The minimum absolute atomic E-state index is 0.120. The van der Waals surface area contributed by atoms with E-state index in [2.05, 4.69) is 31.2 Å². The average molecular weight is 413 g/mol. The Morgan fingerprint density at radius 3 is 2.93 bits per heavy atom. The van der Waals surface area contributed by atoms with Gasteiger partial charge in [-0.25, -0.2) is 4.98 Å². The predicted octanol–water partition coefficient (Wildman–Crippen LogP) is 4.98. The standard InChI is InChI=1S/C22H24N2O2S2/c1-14(15-7-3-2-4-8-15)27-22-23-20-19(17-10-5-11-18(17)28-20)21(25)24(22)13-16-9-6-12-26-16/h2-4,7-8,14,16H,5-6,9-13H2,1H3/t14-,16-/m0/s1. The summed E-state index contributed by atoms with van der Waals surface area (Å²) in [6, 6.07) is 10.4. The lowest BCUT2D eigenvalue weighted by atomic mass is 10.2. The van der Waals surface area contributed by atoms with Gasteiger partial charge < -0.3 is 4.74 Å². The first-order valence-corrected chi connectivity index (χ1v) is 11.8. The van der Waals surface area contributed by atoms with Crippen LogP contribution >= 0.6 is 23.1 Å². The summed E-state index contributed by atoms with van der Waals surface area (Å²) in [7, 11) is 0. The van der Waals surface area contributed by atoms with Gasteiger partial charge in [-0.05, 0) is 50.2 Å². The lowest BCUT2D eigenvalue weighted by Gasteiger charge is -2.18. The molecule has 0 spiro atoms. The summed E-state index contributed by atoms with van der Waals surface area (Å²) in [5.41, 5.74) is 2.63. The van der Waals surface area contributed by atoms with Crippen molar-refractivity contribution in [3.8, 4) is 0 Å². The van der Waals surface area contributed by atoms with Gasteiger partial charge in [-0.15, -0.1) is 11.3 Å².